The second-order valence-electron chi connectivity index (χ2n) is 5.25. The van der Waals surface area contributed by atoms with Gasteiger partial charge in [-0.2, -0.15) is 0 Å². The molecule has 1 unspecified atom stereocenters. The Bertz CT molecular complexity index is 338. The van der Waals surface area contributed by atoms with Crippen LogP contribution in [-0.4, -0.2) is 11.2 Å². The van der Waals surface area contributed by atoms with E-state index in [2.05, 4.69) is 13.8 Å². The van der Waals surface area contributed by atoms with Crippen LogP contribution in [0.3, 0.4) is 0 Å². The second-order valence-corrected chi connectivity index (χ2v) is 5.25. The van der Waals surface area contributed by atoms with Gasteiger partial charge < -0.3 is 5.11 Å². The highest BCUT2D eigenvalue weighted by Crippen LogP contribution is 2.33. The molecular weight excluding hydrogens is 215 g/mol. The number of halogens is 1. The summed E-state index contributed by atoms with van der Waals surface area (Å²) in [5.41, 5.74) is 0.642. The van der Waals surface area contributed by atoms with Crippen molar-refractivity contribution in [1.82, 2.24) is 0 Å². The first kappa shape index (κ1) is 14.2. The van der Waals surface area contributed by atoms with Crippen molar-refractivity contribution in [2.24, 2.45) is 5.92 Å². The molecule has 1 aromatic rings. The number of hydrogen-bond acceptors (Lipinski definition) is 1. The van der Waals surface area contributed by atoms with E-state index in [1.165, 1.54) is 12.1 Å². The van der Waals surface area contributed by atoms with E-state index in [0.29, 0.717) is 0 Å². The van der Waals surface area contributed by atoms with Crippen LogP contribution in [-0.2, 0) is 5.41 Å². The highest BCUT2D eigenvalue weighted by Gasteiger charge is 2.33. The highest BCUT2D eigenvalue weighted by molar-refractivity contribution is 5.26. The van der Waals surface area contributed by atoms with Crippen LogP contribution >= 0.6 is 0 Å². The van der Waals surface area contributed by atoms with Crippen LogP contribution in [0.25, 0.3) is 0 Å². The fourth-order valence-electron chi connectivity index (χ4n) is 2.37. The first-order valence-electron chi connectivity index (χ1n) is 6.37. The zero-order valence-electron chi connectivity index (χ0n) is 11.2. The Hall–Kier alpha value is -0.890. The van der Waals surface area contributed by atoms with Gasteiger partial charge in [-0.3, -0.25) is 0 Å². The first-order chi connectivity index (χ1) is 7.93. The predicted octanol–water partition coefficient (Wildman–Crippen LogP) is 3.90. The van der Waals surface area contributed by atoms with Crippen LogP contribution in [0.2, 0.25) is 0 Å². The zero-order chi connectivity index (χ0) is 13.1. The van der Waals surface area contributed by atoms with Crippen molar-refractivity contribution in [1.29, 1.82) is 0 Å². The van der Waals surface area contributed by atoms with Crippen molar-refractivity contribution in [3.63, 3.8) is 0 Å². The van der Waals surface area contributed by atoms with Gasteiger partial charge in [0.25, 0.3) is 0 Å². The lowest BCUT2D eigenvalue weighted by molar-refractivity contribution is 0.0395. The molecule has 0 aliphatic carbocycles. The third kappa shape index (κ3) is 3.06. The number of benzene rings is 1. The molecule has 0 spiro atoms. The summed E-state index contributed by atoms with van der Waals surface area (Å²) in [6.45, 7) is 8.22. The summed E-state index contributed by atoms with van der Waals surface area (Å²) in [5.74, 6) is 0.0524. The van der Waals surface area contributed by atoms with Gasteiger partial charge in [-0.15, -0.1) is 0 Å². The molecule has 1 atom stereocenters. The van der Waals surface area contributed by atoms with E-state index in [9.17, 15) is 9.50 Å². The molecule has 0 aliphatic rings. The summed E-state index contributed by atoms with van der Waals surface area (Å²) in [4.78, 5) is 0. The standard InChI is InChI=1S/C15H23FO/c1-5-11(6-2)14(17)15(3,4)12-7-9-13(16)10-8-12/h7-11,14,17H,5-6H2,1-4H3. The van der Waals surface area contributed by atoms with E-state index in [-0.39, 0.29) is 17.2 Å². The number of hydrogen-bond donors (Lipinski definition) is 1. The van der Waals surface area contributed by atoms with Crippen molar-refractivity contribution < 1.29 is 9.50 Å². The van der Waals surface area contributed by atoms with E-state index in [1.54, 1.807) is 12.1 Å². The lowest BCUT2D eigenvalue weighted by Crippen LogP contribution is -2.39. The quantitative estimate of drug-likeness (QED) is 0.824. The lowest BCUT2D eigenvalue weighted by atomic mass is 9.73. The summed E-state index contributed by atoms with van der Waals surface area (Å²) >= 11 is 0. The Labute approximate surface area is 104 Å². The summed E-state index contributed by atoms with van der Waals surface area (Å²) in [5, 5.41) is 10.5. The number of rotatable bonds is 5. The van der Waals surface area contributed by atoms with Gasteiger partial charge in [0.1, 0.15) is 5.82 Å². The Morgan fingerprint density at radius 2 is 1.59 bits per heavy atom. The molecular formula is C15H23FO. The first-order valence-corrected chi connectivity index (χ1v) is 6.37. The van der Waals surface area contributed by atoms with Crippen molar-refractivity contribution in [2.75, 3.05) is 0 Å². The lowest BCUT2D eigenvalue weighted by Gasteiger charge is -2.36. The monoisotopic (exact) mass is 238 g/mol. The SMILES string of the molecule is CCC(CC)C(O)C(C)(C)c1ccc(F)cc1. The van der Waals surface area contributed by atoms with Crippen LogP contribution in [0.5, 0.6) is 0 Å². The highest BCUT2D eigenvalue weighted by atomic mass is 19.1. The molecule has 0 radical (unpaired) electrons. The molecule has 0 fully saturated rings. The molecule has 1 N–H and O–H groups in total. The molecule has 17 heavy (non-hydrogen) atoms. The van der Waals surface area contributed by atoms with E-state index < -0.39 is 6.10 Å². The molecule has 0 aromatic heterocycles. The van der Waals surface area contributed by atoms with Crippen LogP contribution < -0.4 is 0 Å². The number of aliphatic hydroxyl groups is 1. The Kier molecular flexibility index (Phi) is 4.70. The molecule has 0 heterocycles. The third-order valence-corrected chi connectivity index (χ3v) is 3.82. The van der Waals surface area contributed by atoms with Gasteiger partial charge in [0.15, 0.2) is 0 Å². The van der Waals surface area contributed by atoms with Crippen molar-refractivity contribution in [2.45, 2.75) is 52.1 Å². The van der Waals surface area contributed by atoms with Crippen molar-refractivity contribution in [3.8, 4) is 0 Å². The average Bonchev–Trinajstić information content (AvgIpc) is 2.31. The fourth-order valence-corrected chi connectivity index (χ4v) is 2.37. The van der Waals surface area contributed by atoms with Crippen LogP contribution in [0.4, 0.5) is 4.39 Å². The Morgan fingerprint density at radius 1 is 1.12 bits per heavy atom. The largest absolute Gasteiger partial charge is 0.392 e. The molecule has 1 rings (SSSR count). The summed E-state index contributed by atoms with van der Waals surface area (Å²) in [7, 11) is 0. The molecule has 0 saturated heterocycles. The minimum absolute atomic E-state index is 0.235. The van der Waals surface area contributed by atoms with E-state index in [1.807, 2.05) is 13.8 Å². The fraction of sp³-hybridized carbons (Fsp3) is 0.600. The van der Waals surface area contributed by atoms with Crippen LogP contribution in [0.15, 0.2) is 24.3 Å². The van der Waals surface area contributed by atoms with Crippen molar-refractivity contribution >= 4 is 0 Å². The minimum Gasteiger partial charge on any atom is -0.392 e. The van der Waals surface area contributed by atoms with Crippen LogP contribution in [0.1, 0.15) is 46.1 Å². The maximum Gasteiger partial charge on any atom is 0.123 e. The van der Waals surface area contributed by atoms with E-state index in [0.717, 1.165) is 18.4 Å². The maximum atomic E-state index is 12.9. The molecule has 1 nitrogen and oxygen atoms in total. The topological polar surface area (TPSA) is 20.2 Å². The van der Waals surface area contributed by atoms with Gasteiger partial charge >= 0.3 is 0 Å². The minimum atomic E-state index is -0.400. The van der Waals surface area contributed by atoms with Gasteiger partial charge in [-0.05, 0) is 23.6 Å². The molecule has 0 amide bonds. The van der Waals surface area contributed by atoms with Gasteiger partial charge in [0.2, 0.25) is 0 Å². The van der Waals surface area contributed by atoms with Crippen molar-refractivity contribution in [3.05, 3.63) is 35.6 Å². The molecule has 0 saturated carbocycles. The van der Waals surface area contributed by atoms with Gasteiger partial charge in [-0.1, -0.05) is 52.7 Å². The molecule has 0 aliphatic heterocycles. The van der Waals surface area contributed by atoms with Crippen LogP contribution in [0, 0.1) is 11.7 Å². The molecule has 0 bridgehead atoms. The molecule has 96 valence electrons. The van der Waals surface area contributed by atoms with Gasteiger partial charge in [0, 0.05) is 5.41 Å². The predicted molar refractivity (Wildman–Crippen MR) is 69.5 cm³/mol. The van der Waals surface area contributed by atoms with E-state index >= 15 is 0 Å². The zero-order valence-corrected chi connectivity index (χ0v) is 11.2. The third-order valence-electron chi connectivity index (χ3n) is 3.82. The smallest absolute Gasteiger partial charge is 0.123 e. The summed E-state index contributed by atoms with van der Waals surface area (Å²) in [6, 6.07) is 6.44. The Balaban J connectivity index is 2.96. The normalized spacial score (nSPS) is 14.1. The number of aliphatic hydroxyl groups excluding tert-OH is 1. The summed E-state index contributed by atoms with van der Waals surface area (Å²) < 4.78 is 12.9. The molecule has 2 heteroatoms. The second kappa shape index (κ2) is 5.63. The van der Waals surface area contributed by atoms with Gasteiger partial charge in [-0.25, -0.2) is 4.39 Å². The molecule has 1 aromatic carbocycles. The summed E-state index contributed by atoms with van der Waals surface area (Å²) in [6.07, 6.45) is 1.52. The average molecular weight is 238 g/mol. The Morgan fingerprint density at radius 3 is 2.00 bits per heavy atom. The van der Waals surface area contributed by atoms with E-state index in [4.69, 9.17) is 0 Å². The van der Waals surface area contributed by atoms with Gasteiger partial charge in [0.05, 0.1) is 6.10 Å². The maximum absolute atomic E-state index is 12.9.